The highest BCUT2D eigenvalue weighted by Crippen LogP contribution is 2.23. The number of rotatable bonds is 1. The molecule has 0 aliphatic carbocycles. The first-order valence-electron chi connectivity index (χ1n) is 7.29. The van der Waals surface area contributed by atoms with E-state index in [9.17, 15) is 0 Å². The first-order chi connectivity index (χ1) is 9.21. The SMILES string of the molecule is [2H]C([2H])([2H])c1cc(C)cc(-c2cccc(C)c2C)[n+]1C. The van der Waals surface area contributed by atoms with Crippen LogP contribution in [0.15, 0.2) is 30.3 Å². The first kappa shape index (κ1) is 8.46. The molecule has 1 heteroatoms. The van der Waals surface area contributed by atoms with E-state index >= 15 is 0 Å². The van der Waals surface area contributed by atoms with Crippen molar-refractivity contribution in [2.24, 2.45) is 7.05 Å². The van der Waals surface area contributed by atoms with Gasteiger partial charge in [0, 0.05) is 28.7 Å². The Morgan fingerprint density at radius 1 is 1.12 bits per heavy atom. The summed E-state index contributed by atoms with van der Waals surface area (Å²) in [6.07, 6.45) is 0. The molecule has 0 amide bonds. The van der Waals surface area contributed by atoms with E-state index < -0.39 is 6.85 Å². The Morgan fingerprint density at radius 3 is 2.59 bits per heavy atom. The molecule has 0 saturated heterocycles. The van der Waals surface area contributed by atoms with Gasteiger partial charge >= 0.3 is 0 Å². The van der Waals surface area contributed by atoms with Gasteiger partial charge in [-0.1, -0.05) is 12.1 Å². The molecule has 2 rings (SSSR count). The Labute approximate surface area is 108 Å². The molecule has 1 heterocycles. The highest BCUT2D eigenvalue weighted by Gasteiger charge is 2.15. The van der Waals surface area contributed by atoms with Gasteiger partial charge in [0.05, 0.1) is 0 Å². The van der Waals surface area contributed by atoms with E-state index in [0.717, 1.165) is 16.8 Å². The lowest BCUT2D eigenvalue weighted by molar-refractivity contribution is -0.666. The molecule has 0 aliphatic rings. The standard InChI is InChI=1S/C16H20N/c1-11-9-13(3)17(5)16(10-11)15-8-6-7-12(2)14(15)4/h6-10H,1-5H3/q+1/i3D3. The van der Waals surface area contributed by atoms with Crippen molar-refractivity contribution in [3.8, 4) is 11.3 Å². The average Bonchev–Trinajstić information content (AvgIpc) is 2.34. The highest BCUT2D eigenvalue weighted by atomic mass is 14.9. The van der Waals surface area contributed by atoms with E-state index in [1.807, 2.05) is 32.2 Å². The molecule has 0 fully saturated rings. The van der Waals surface area contributed by atoms with Crippen molar-refractivity contribution in [3.05, 3.63) is 52.7 Å². The van der Waals surface area contributed by atoms with Crippen LogP contribution in [-0.2, 0) is 7.05 Å². The number of pyridine rings is 1. The number of benzene rings is 1. The van der Waals surface area contributed by atoms with Gasteiger partial charge in [0.15, 0.2) is 5.69 Å². The molecule has 1 nitrogen and oxygen atoms in total. The molecular weight excluding hydrogens is 206 g/mol. The van der Waals surface area contributed by atoms with Crippen LogP contribution in [0.1, 0.15) is 26.5 Å². The van der Waals surface area contributed by atoms with Crippen molar-refractivity contribution in [1.29, 1.82) is 0 Å². The maximum Gasteiger partial charge on any atom is 0.212 e. The molecule has 1 aromatic heterocycles. The van der Waals surface area contributed by atoms with Crippen LogP contribution in [0.2, 0.25) is 0 Å². The summed E-state index contributed by atoms with van der Waals surface area (Å²) in [5.41, 5.74) is 5.75. The van der Waals surface area contributed by atoms with Crippen molar-refractivity contribution in [2.45, 2.75) is 27.6 Å². The van der Waals surface area contributed by atoms with Crippen LogP contribution in [0.3, 0.4) is 0 Å². The van der Waals surface area contributed by atoms with Crippen LogP contribution >= 0.6 is 0 Å². The minimum absolute atomic E-state index is 0.369. The quantitative estimate of drug-likeness (QED) is 0.660. The van der Waals surface area contributed by atoms with Crippen LogP contribution in [0.5, 0.6) is 0 Å². The van der Waals surface area contributed by atoms with E-state index in [2.05, 4.69) is 19.9 Å². The zero-order chi connectivity index (χ0) is 15.1. The number of hydrogen-bond acceptors (Lipinski definition) is 0. The molecule has 0 spiro atoms. The third-order valence-electron chi connectivity index (χ3n) is 3.33. The molecular formula is C16H20N+. The van der Waals surface area contributed by atoms with Crippen molar-refractivity contribution in [2.75, 3.05) is 0 Å². The smallest absolute Gasteiger partial charge is 0.199 e. The third-order valence-corrected chi connectivity index (χ3v) is 3.33. The molecule has 0 radical (unpaired) electrons. The summed E-state index contributed by atoms with van der Waals surface area (Å²) in [7, 11) is 1.82. The van der Waals surface area contributed by atoms with E-state index in [1.54, 1.807) is 10.6 Å². The normalized spacial score (nSPS) is 14.0. The lowest BCUT2D eigenvalue weighted by Gasteiger charge is -2.09. The van der Waals surface area contributed by atoms with Gasteiger partial charge in [0.2, 0.25) is 5.69 Å². The van der Waals surface area contributed by atoms with Crippen LogP contribution in [0.25, 0.3) is 11.3 Å². The Balaban J connectivity index is 2.76. The van der Waals surface area contributed by atoms with Gasteiger partial charge in [0.25, 0.3) is 0 Å². The second-order valence-electron chi connectivity index (χ2n) is 4.61. The molecule has 0 bridgehead atoms. The molecule has 0 N–H and O–H groups in total. The zero-order valence-electron chi connectivity index (χ0n) is 13.8. The maximum absolute atomic E-state index is 7.68. The summed E-state index contributed by atoms with van der Waals surface area (Å²) in [6.45, 7) is 3.97. The van der Waals surface area contributed by atoms with Crippen molar-refractivity contribution >= 4 is 0 Å². The number of aromatic nitrogens is 1. The number of nitrogens with zero attached hydrogens (tertiary/aromatic N) is 1. The monoisotopic (exact) mass is 229 g/mol. The van der Waals surface area contributed by atoms with E-state index in [4.69, 9.17) is 4.11 Å². The topological polar surface area (TPSA) is 3.88 Å². The Bertz CT molecular complexity index is 658. The van der Waals surface area contributed by atoms with Gasteiger partial charge in [-0.2, -0.15) is 4.57 Å². The van der Waals surface area contributed by atoms with Gasteiger partial charge < -0.3 is 0 Å². The van der Waals surface area contributed by atoms with E-state index in [0.29, 0.717) is 5.69 Å². The summed E-state index contributed by atoms with van der Waals surface area (Å²) in [4.78, 5) is 0. The molecule has 2 aromatic rings. The molecule has 0 atom stereocenters. The van der Waals surface area contributed by atoms with Crippen LogP contribution < -0.4 is 4.57 Å². The van der Waals surface area contributed by atoms with Gasteiger partial charge in [-0.15, -0.1) is 0 Å². The molecule has 0 unspecified atom stereocenters. The highest BCUT2D eigenvalue weighted by molar-refractivity contribution is 5.63. The molecule has 0 saturated carbocycles. The minimum atomic E-state index is -2.10. The minimum Gasteiger partial charge on any atom is -0.199 e. The second kappa shape index (κ2) is 4.33. The summed E-state index contributed by atoms with van der Waals surface area (Å²) in [6, 6.07) is 9.90. The van der Waals surface area contributed by atoms with Crippen LogP contribution in [-0.4, -0.2) is 0 Å². The first-order valence-corrected chi connectivity index (χ1v) is 5.79. The average molecular weight is 229 g/mol. The third kappa shape index (κ3) is 2.10. The second-order valence-corrected chi connectivity index (χ2v) is 4.61. The molecule has 0 aliphatic heterocycles. The largest absolute Gasteiger partial charge is 0.212 e. The van der Waals surface area contributed by atoms with Crippen LogP contribution in [0.4, 0.5) is 0 Å². The fraction of sp³-hybridized carbons (Fsp3) is 0.312. The van der Waals surface area contributed by atoms with Crippen LogP contribution in [0, 0.1) is 27.6 Å². The Kier molecular flexibility index (Phi) is 2.15. The van der Waals surface area contributed by atoms with E-state index in [1.165, 1.54) is 11.1 Å². The summed E-state index contributed by atoms with van der Waals surface area (Å²) in [5.74, 6) is 0. The predicted molar refractivity (Wildman–Crippen MR) is 72.0 cm³/mol. The zero-order valence-corrected chi connectivity index (χ0v) is 10.8. The fourth-order valence-corrected chi connectivity index (χ4v) is 2.08. The Hall–Kier alpha value is -1.63. The predicted octanol–water partition coefficient (Wildman–Crippen LogP) is 3.41. The molecule has 88 valence electrons. The van der Waals surface area contributed by atoms with Crippen molar-refractivity contribution in [1.82, 2.24) is 0 Å². The van der Waals surface area contributed by atoms with E-state index in [-0.39, 0.29) is 0 Å². The summed E-state index contributed by atoms with van der Waals surface area (Å²) >= 11 is 0. The number of aryl methyl sites for hydroxylation is 3. The molecule has 17 heavy (non-hydrogen) atoms. The van der Waals surface area contributed by atoms with Crippen molar-refractivity contribution < 1.29 is 8.68 Å². The van der Waals surface area contributed by atoms with Gasteiger partial charge in [0.1, 0.15) is 7.05 Å². The Morgan fingerprint density at radius 2 is 1.88 bits per heavy atom. The van der Waals surface area contributed by atoms with Gasteiger partial charge in [-0.05, 0) is 43.5 Å². The fourth-order valence-electron chi connectivity index (χ4n) is 2.08. The summed E-state index contributed by atoms with van der Waals surface area (Å²) in [5, 5.41) is 0. The lowest BCUT2D eigenvalue weighted by atomic mass is 9.99. The maximum atomic E-state index is 7.68. The number of hydrogen-bond donors (Lipinski definition) is 0. The van der Waals surface area contributed by atoms with Gasteiger partial charge in [-0.25, -0.2) is 0 Å². The molecule has 1 aromatic carbocycles. The van der Waals surface area contributed by atoms with Crippen molar-refractivity contribution in [3.63, 3.8) is 0 Å². The summed E-state index contributed by atoms with van der Waals surface area (Å²) < 4.78 is 24.8. The van der Waals surface area contributed by atoms with Gasteiger partial charge in [-0.3, -0.25) is 0 Å². The lowest BCUT2D eigenvalue weighted by Crippen LogP contribution is -2.35.